The molecule has 2 nitrogen and oxygen atoms in total. The molecule has 1 atom stereocenters. The molecular weight excluding hydrogens is 233 g/mol. The Balaban J connectivity index is 2.62. The minimum atomic E-state index is 0.0000447. The Labute approximate surface area is 100 Å². The summed E-state index contributed by atoms with van der Waals surface area (Å²) in [4.78, 5) is 0. The summed E-state index contributed by atoms with van der Waals surface area (Å²) in [6.45, 7) is 4.54. The normalized spacial score (nSPS) is 12.9. The predicted octanol–water partition coefficient (Wildman–Crippen LogP) is 3.36. The Hall–Kier alpha value is -0.440. The van der Waals surface area contributed by atoms with Gasteiger partial charge < -0.3 is 10.5 Å². The van der Waals surface area contributed by atoms with Crippen molar-refractivity contribution in [3.05, 3.63) is 28.2 Å². The molecule has 0 aliphatic rings. The third-order valence-corrected chi connectivity index (χ3v) is 3.01. The first kappa shape index (κ1) is 12.6. The van der Waals surface area contributed by atoms with Crippen LogP contribution in [0.3, 0.4) is 0 Å². The second-order valence-corrected chi connectivity index (χ2v) is 4.56. The van der Waals surface area contributed by atoms with E-state index in [1.54, 1.807) is 18.2 Å². The number of hydrogen-bond donors (Lipinski definition) is 1. The van der Waals surface area contributed by atoms with E-state index >= 15 is 0 Å². The molecule has 1 rings (SSSR count). The molecule has 1 aromatic rings. The molecule has 0 fully saturated rings. The molecule has 0 bridgehead atoms. The SMILES string of the molecule is CC(C)[C@@H](N)COc1cccc(Cl)c1Cl. The maximum Gasteiger partial charge on any atom is 0.139 e. The van der Waals surface area contributed by atoms with E-state index in [0.717, 1.165) is 0 Å². The van der Waals surface area contributed by atoms with Crippen LogP contribution in [0.4, 0.5) is 0 Å². The van der Waals surface area contributed by atoms with Gasteiger partial charge in [-0.2, -0.15) is 0 Å². The fourth-order valence-corrected chi connectivity index (χ4v) is 1.32. The van der Waals surface area contributed by atoms with Crippen molar-refractivity contribution in [2.24, 2.45) is 11.7 Å². The third-order valence-electron chi connectivity index (χ3n) is 2.20. The van der Waals surface area contributed by atoms with Crippen LogP contribution in [0.5, 0.6) is 5.75 Å². The summed E-state index contributed by atoms with van der Waals surface area (Å²) < 4.78 is 5.50. The van der Waals surface area contributed by atoms with Gasteiger partial charge in [-0.15, -0.1) is 0 Å². The van der Waals surface area contributed by atoms with E-state index in [0.29, 0.717) is 28.3 Å². The number of halogens is 2. The summed E-state index contributed by atoms with van der Waals surface area (Å²) in [5.41, 5.74) is 5.85. The van der Waals surface area contributed by atoms with Gasteiger partial charge in [-0.05, 0) is 18.1 Å². The fourth-order valence-electron chi connectivity index (χ4n) is 0.974. The van der Waals surface area contributed by atoms with Crippen LogP contribution in [0.1, 0.15) is 13.8 Å². The minimum absolute atomic E-state index is 0.0000447. The van der Waals surface area contributed by atoms with Crippen LogP contribution < -0.4 is 10.5 Å². The monoisotopic (exact) mass is 247 g/mol. The summed E-state index contributed by atoms with van der Waals surface area (Å²) in [6, 6.07) is 5.30. The van der Waals surface area contributed by atoms with Crippen LogP contribution >= 0.6 is 23.2 Å². The lowest BCUT2D eigenvalue weighted by Crippen LogP contribution is -2.33. The minimum Gasteiger partial charge on any atom is -0.490 e. The van der Waals surface area contributed by atoms with E-state index in [9.17, 15) is 0 Å². The smallest absolute Gasteiger partial charge is 0.139 e. The number of rotatable bonds is 4. The highest BCUT2D eigenvalue weighted by molar-refractivity contribution is 6.42. The first-order valence-corrected chi connectivity index (χ1v) is 5.60. The second kappa shape index (κ2) is 5.59. The van der Waals surface area contributed by atoms with Gasteiger partial charge in [0.15, 0.2) is 0 Å². The number of benzene rings is 1. The van der Waals surface area contributed by atoms with Crippen LogP contribution in [0.25, 0.3) is 0 Å². The van der Waals surface area contributed by atoms with Gasteiger partial charge in [-0.25, -0.2) is 0 Å². The van der Waals surface area contributed by atoms with Crippen LogP contribution in [-0.4, -0.2) is 12.6 Å². The molecule has 0 heterocycles. The van der Waals surface area contributed by atoms with E-state index < -0.39 is 0 Å². The molecule has 84 valence electrons. The molecule has 0 radical (unpaired) electrons. The van der Waals surface area contributed by atoms with Crippen molar-refractivity contribution < 1.29 is 4.74 Å². The van der Waals surface area contributed by atoms with Gasteiger partial charge in [0.2, 0.25) is 0 Å². The fraction of sp³-hybridized carbons (Fsp3) is 0.455. The van der Waals surface area contributed by atoms with Crippen LogP contribution in [0, 0.1) is 5.92 Å². The zero-order valence-corrected chi connectivity index (χ0v) is 10.3. The van der Waals surface area contributed by atoms with E-state index in [2.05, 4.69) is 0 Å². The van der Waals surface area contributed by atoms with Crippen molar-refractivity contribution in [1.82, 2.24) is 0 Å². The summed E-state index contributed by atoms with van der Waals surface area (Å²) in [6.07, 6.45) is 0. The van der Waals surface area contributed by atoms with E-state index in [-0.39, 0.29) is 6.04 Å². The van der Waals surface area contributed by atoms with Gasteiger partial charge in [0, 0.05) is 6.04 Å². The zero-order valence-electron chi connectivity index (χ0n) is 8.84. The molecule has 2 N–H and O–H groups in total. The van der Waals surface area contributed by atoms with Gasteiger partial charge >= 0.3 is 0 Å². The topological polar surface area (TPSA) is 35.2 Å². The highest BCUT2D eigenvalue weighted by atomic mass is 35.5. The van der Waals surface area contributed by atoms with Gasteiger partial charge in [0.05, 0.1) is 5.02 Å². The highest BCUT2D eigenvalue weighted by Gasteiger charge is 2.10. The van der Waals surface area contributed by atoms with E-state index in [1.165, 1.54) is 0 Å². The Morgan fingerprint density at radius 2 is 2.00 bits per heavy atom. The molecule has 0 unspecified atom stereocenters. The maximum atomic E-state index is 5.96. The summed E-state index contributed by atoms with van der Waals surface area (Å²) in [5, 5.41) is 0.933. The van der Waals surface area contributed by atoms with Crippen LogP contribution in [0.15, 0.2) is 18.2 Å². The molecule has 15 heavy (non-hydrogen) atoms. The first-order chi connectivity index (χ1) is 7.02. The Kier molecular flexibility index (Phi) is 4.71. The molecule has 0 aliphatic carbocycles. The lowest BCUT2D eigenvalue weighted by atomic mass is 10.1. The Bertz CT molecular complexity index is 328. The van der Waals surface area contributed by atoms with Crippen molar-refractivity contribution in [3.63, 3.8) is 0 Å². The van der Waals surface area contributed by atoms with Crippen molar-refractivity contribution >= 4 is 23.2 Å². The molecule has 0 aliphatic heterocycles. The van der Waals surface area contributed by atoms with Crippen molar-refractivity contribution in [2.75, 3.05) is 6.61 Å². The van der Waals surface area contributed by atoms with Crippen LogP contribution in [0.2, 0.25) is 10.0 Å². The standard InChI is InChI=1S/C11H15Cl2NO/c1-7(2)9(14)6-15-10-5-3-4-8(12)11(10)13/h3-5,7,9H,6,14H2,1-2H3/t9-/m0/s1. The van der Waals surface area contributed by atoms with Gasteiger partial charge in [-0.3, -0.25) is 0 Å². The largest absolute Gasteiger partial charge is 0.490 e. The number of hydrogen-bond acceptors (Lipinski definition) is 2. The Morgan fingerprint density at radius 1 is 1.33 bits per heavy atom. The summed E-state index contributed by atoms with van der Waals surface area (Å²) >= 11 is 11.8. The molecule has 0 saturated heterocycles. The van der Waals surface area contributed by atoms with Gasteiger partial charge in [0.25, 0.3) is 0 Å². The summed E-state index contributed by atoms with van der Waals surface area (Å²) in [5.74, 6) is 0.961. The quantitative estimate of drug-likeness (QED) is 0.886. The summed E-state index contributed by atoms with van der Waals surface area (Å²) in [7, 11) is 0. The second-order valence-electron chi connectivity index (χ2n) is 3.77. The molecule has 0 aromatic heterocycles. The van der Waals surface area contributed by atoms with Gasteiger partial charge in [0.1, 0.15) is 17.4 Å². The molecule has 4 heteroatoms. The van der Waals surface area contributed by atoms with Crippen LogP contribution in [-0.2, 0) is 0 Å². The average Bonchev–Trinajstić information content (AvgIpc) is 2.19. The zero-order chi connectivity index (χ0) is 11.4. The average molecular weight is 248 g/mol. The number of nitrogens with two attached hydrogens (primary N) is 1. The molecule has 0 spiro atoms. The van der Waals surface area contributed by atoms with Crippen molar-refractivity contribution in [2.45, 2.75) is 19.9 Å². The molecular formula is C11H15Cl2NO. The lowest BCUT2D eigenvalue weighted by Gasteiger charge is -2.17. The molecule has 1 aromatic carbocycles. The third kappa shape index (κ3) is 3.56. The maximum absolute atomic E-state index is 5.96. The first-order valence-electron chi connectivity index (χ1n) is 4.84. The van der Waals surface area contributed by atoms with Crippen molar-refractivity contribution in [1.29, 1.82) is 0 Å². The predicted molar refractivity (Wildman–Crippen MR) is 64.8 cm³/mol. The lowest BCUT2D eigenvalue weighted by molar-refractivity contribution is 0.260. The Morgan fingerprint density at radius 3 is 2.60 bits per heavy atom. The van der Waals surface area contributed by atoms with Crippen molar-refractivity contribution in [3.8, 4) is 5.75 Å². The molecule has 0 amide bonds. The van der Waals surface area contributed by atoms with Gasteiger partial charge in [-0.1, -0.05) is 43.1 Å². The highest BCUT2D eigenvalue weighted by Crippen LogP contribution is 2.31. The van der Waals surface area contributed by atoms with E-state index in [4.69, 9.17) is 33.7 Å². The van der Waals surface area contributed by atoms with E-state index in [1.807, 2.05) is 13.8 Å². The molecule has 0 saturated carbocycles. The number of ether oxygens (including phenoxy) is 1.